The molecule has 0 fully saturated rings. The molecule has 0 saturated carbocycles. The molecule has 0 saturated heterocycles. The average molecular weight is 472 g/mol. The number of likely N-dealkylation sites (N-methyl/N-ethyl adjacent to an activating group) is 1. The number of aliphatic imine (C=N–C) groups is 1. The van der Waals surface area contributed by atoms with Crippen molar-refractivity contribution < 1.29 is 9.13 Å². The Hall–Kier alpha value is -1.90. The smallest absolute Gasteiger partial charge is 0.193 e. The zero-order valence-electron chi connectivity index (χ0n) is 15.4. The van der Waals surface area contributed by atoms with Crippen LogP contribution < -0.4 is 10.1 Å². The lowest BCUT2D eigenvalue weighted by Gasteiger charge is -2.22. The maximum atomic E-state index is 13.5. The van der Waals surface area contributed by atoms with Crippen LogP contribution >= 0.6 is 24.0 Å². The second-order valence-electron chi connectivity index (χ2n) is 5.73. The Labute approximate surface area is 171 Å². The quantitative estimate of drug-likeness (QED) is 0.382. The Morgan fingerprint density at radius 3 is 2.69 bits per heavy atom. The molecule has 0 aliphatic heterocycles. The molecule has 2 aromatic rings. The zero-order valence-corrected chi connectivity index (χ0v) is 17.7. The molecule has 0 aliphatic rings. The standard InChI is InChI=1S/C19H25FN4O.HI/c1-15-8-9-16(14-23-15)10-11-22-19(21-2)24(3)12-13-25-18-7-5-4-6-17(18)20;/h4-9,14H,10-13H2,1-3H3,(H,21,22);1H. The Balaban J connectivity index is 0.00000338. The number of hydrogen-bond acceptors (Lipinski definition) is 3. The third kappa shape index (κ3) is 7.15. The summed E-state index contributed by atoms with van der Waals surface area (Å²) in [6.07, 6.45) is 2.76. The van der Waals surface area contributed by atoms with Crippen molar-refractivity contribution in [3.8, 4) is 5.75 Å². The molecule has 1 aromatic carbocycles. The molecule has 1 N–H and O–H groups in total. The predicted molar refractivity (Wildman–Crippen MR) is 114 cm³/mol. The van der Waals surface area contributed by atoms with Gasteiger partial charge in [-0.15, -0.1) is 24.0 Å². The number of para-hydroxylation sites is 1. The highest BCUT2D eigenvalue weighted by atomic mass is 127. The zero-order chi connectivity index (χ0) is 18.1. The highest BCUT2D eigenvalue weighted by Gasteiger charge is 2.07. The summed E-state index contributed by atoms with van der Waals surface area (Å²) in [7, 11) is 3.66. The molecule has 0 atom stereocenters. The number of rotatable bonds is 7. The molecule has 142 valence electrons. The number of halogens is 2. The van der Waals surface area contributed by atoms with Crippen molar-refractivity contribution >= 4 is 29.9 Å². The SMILES string of the molecule is CN=C(NCCc1ccc(C)nc1)N(C)CCOc1ccccc1F.I. The summed E-state index contributed by atoms with van der Waals surface area (Å²) < 4.78 is 19.0. The van der Waals surface area contributed by atoms with Crippen LogP contribution in [-0.4, -0.2) is 49.6 Å². The molecule has 0 unspecified atom stereocenters. The fourth-order valence-corrected chi connectivity index (χ4v) is 2.31. The second-order valence-corrected chi connectivity index (χ2v) is 5.73. The lowest BCUT2D eigenvalue weighted by Crippen LogP contribution is -2.41. The van der Waals surface area contributed by atoms with Gasteiger partial charge in [0.15, 0.2) is 17.5 Å². The van der Waals surface area contributed by atoms with Gasteiger partial charge in [-0.25, -0.2) is 4.39 Å². The summed E-state index contributed by atoms with van der Waals surface area (Å²) in [6, 6.07) is 10.5. The number of hydrogen-bond donors (Lipinski definition) is 1. The third-order valence-corrected chi connectivity index (χ3v) is 3.76. The summed E-state index contributed by atoms with van der Waals surface area (Å²) in [5, 5.41) is 3.31. The lowest BCUT2D eigenvalue weighted by molar-refractivity contribution is 0.270. The Kier molecular flexibility index (Phi) is 9.93. The van der Waals surface area contributed by atoms with Gasteiger partial charge in [-0.2, -0.15) is 0 Å². The molecule has 5 nitrogen and oxygen atoms in total. The minimum absolute atomic E-state index is 0. The summed E-state index contributed by atoms with van der Waals surface area (Å²) in [4.78, 5) is 10.5. The van der Waals surface area contributed by atoms with Gasteiger partial charge in [0.05, 0.1) is 6.54 Å². The van der Waals surface area contributed by atoms with Crippen molar-refractivity contribution in [2.45, 2.75) is 13.3 Å². The van der Waals surface area contributed by atoms with E-state index in [1.165, 1.54) is 11.6 Å². The Morgan fingerprint density at radius 1 is 1.27 bits per heavy atom. The van der Waals surface area contributed by atoms with Crippen LogP contribution in [0.2, 0.25) is 0 Å². The van der Waals surface area contributed by atoms with Crippen molar-refractivity contribution in [1.82, 2.24) is 15.2 Å². The van der Waals surface area contributed by atoms with E-state index in [-0.39, 0.29) is 35.5 Å². The maximum Gasteiger partial charge on any atom is 0.193 e. The van der Waals surface area contributed by atoms with Crippen LogP contribution in [0.3, 0.4) is 0 Å². The van der Waals surface area contributed by atoms with Gasteiger partial charge in [-0.3, -0.25) is 9.98 Å². The highest BCUT2D eigenvalue weighted by Crippen LogP contribution is 2.14. The Bertz CT molecular complexity index is 694. The first-order valence-corrected chi connectivity index (χ1v) is 8.31. The Morgan fingerprint density at radius 2 is 2.04 bits per heavy atom. The van der Waals surface area contributed by atoms with Crippen LogP contribution in [0.25, 0.3) is 0 Å². The largest absolute Gasteiger partial charge is 0.489 e. The number of aryl methyl sites for hydroxylation is 1. The van der Waals surface area contributed by atoms with Crippen molar-refractivity contribution in [1.29, 1.82) is 0 Å². The molecular weight excluding hydrogens is 446 g/mol. The van der Waals surface area contributed by atoms with Crippen LogP contribution in [0.5, 0.6) is 5.75 Å². The molecule has 0 amide bonds. The average Bonchev–Trinajstić information content (AvgIpc) is 2.62. The van der Waals surface area contributed by atoms with E-state index >= 15 is 0 Å². The first kappa shape index (κ1) is 22.1. The maximum absolute atomic E-state index is 13.5. The third-order valence-electron chi connectivity index (χ3n) is 3.76. The van der Waals surface area contributed by atoms with E-state index in [0.29, 0.717) is 13.2 Å². The van der Waals surface area contributed by atoms with Gasteiger partial charge in [0, 0.05) is 32.5 Å². The molecular formula is C19H26FIN4O. The monoisotopic (exact) mass is 472 g/mol. The summed E-state index contributed by atoms with van der Waals surface area (Å²) in [6.45, 7) is 3.71. The molecule has 0 aliphatic carbocycles. The molecule has 1 aromatic heterocycles. The number of nitrogens with zero attached hydrogens (tertiary/aromatic N) is 3. The van der Waals surface area contributed by atoms with E-state index in [1.54, 1.807) is 25.2 Å². The van der Waals surface area contributed by atoms with E-state index in [2.05, 4.69) is 21.4 Å². The topological polar surface area (TPSA) is 49.8 Å². The summed E-state index contributed by atoms with van der Waals surface area (Å²) in [5.41, 5.74) is 2.20. The van der Waals surface area contributed by atoms with E-state index < -0.39 is 0 Å². The summed E-state index contributed by atoms with van der Waals surface area (Å²) >= 11 is 0. The second kappa shape index (κ2) is 11.7. The van der Waals surface area contributed by atoms with Crippen LogP contribution in [-0.2, 0) is 6.42 Å². The van der Waals surface area contributed by atoms with Gasteiger partial charge in [0.2, 0.25) is 0 Å². The van der Waals surface area contributed by atoms with Crippen molar-refractivity contribution in [2.24, 2.45) is 4.99 Å². The van der Waals surface area contributed by atoms with Crippen molar-refractivity contribution in [3.05, 3.63) is 59.7 Å². The number of nitrogens with one attached hydrogen (secondary N) is 1. The molecule has 1 heterocycles. The van der Waals surface area contributed by atoms with Crippen LogP contribution in [0.1, 0.15) is 11.3 Å². The number of aromatic nitrogens is 1. The van der Waals surface area contributed by atoms with Crippen molar-refractivity contribution in [2.75, 3.05) is 33.8 Å². The minimum Gasteiger partial charge on any atom is -0.489 e. The molecule has 0 radical (unpaired) electrons. The van der Waals surface area contributed by atoms with Crippen molar-refractivity contribution in [3.63, 3.8) is 0 Å². The van der Waals surface area contributed by atoms with E-state index in [1.807, 2.05) is 31.1 Å². The molecule has 0 spiro atoms. The van der Waals surface area contributed by atoms with Gasteiger partial charge >= 0.3 is 0 Å². The van der Waals surface area contributed by atoms with Crippen LogP contribution in [0, 0.1) is 12.7 Å². The fourth-order valence-electron chi connectivity index (χ4n) is 2.31. The molecule has 7 heteroatoms. The van der Waals surface area contributed by atoms with Crippen LogP contribution in [0.4, 0.5) is 4.39 Å². The van der Waals surface area contributed by atoms with Gasteiger partial charge in [-0.1, -0.05) is 18.2 Å². The number of guanidine groups is 1. The molecule has 0 bridgehead atoms. The van der Waals surface area contributed by atoms with Gasteiger partial charge in [0.25, 0.3) is 0 Å². The van der Waals surface area contributed by atoms with Gasteiger partial charge in [0.1, 0.15) is 6.61 Å². The first-order chi connectivity index (χ1) is 12.1. The van der Waals surface area contributed by atoms with Gasteiger partial charge in [-0.05, 0) is 37.1 Å². The summed E-state index contributed by atoms with van der Waals surface area (Å²) in [5.74, 6) is 0.697. The van der Waals surface area contributed by atoms with E-state index in [4.69, 9.17) is 4.74 Å². The lowest BCUT2D eigenvalue weighted by atomic mass is 10.2. The highest BCUT2D eigenvalue weighted by molar-refractivity contribution is 14.0. The number of benzene rings is 1. The molecule has 2 rings (SSSR count). The number of pyridine rings is 1. The fraction of sp³-hybridized carbons (Fsp3) is 0.368. The first-order valence-electron chi connectivity index (χ1n) is 8.31. The van der Waals surface area contributed by atoms with E-state index in [9.17, 15) is 4.39 Å². The predicted octanol–water partition coefficient (Wildman–Crippen LogP) is 3.28. The van der Waals surface area contributed by atoms with Gasteiger partial charge < -0.3 is 15.0 Å². The minimum atomic E-state index is -0.348. The normalized spacial score (nSPS) is 10.8. The van der Waals surface area contributed by atoms with Crippen LogP contribution in [0.15, 0.2) is 47.6 Å². The molecule has 26 heavy (non-hydrogen) atoms. The number of ether oxygens (including phenoxy) is 1. The van der Waals surface area contributed by atoms with E-state index in [0.717, 1.165) is 24.6 Å².